The Bertz CT molecular complexity index is 1760. The average molecular weight is 671 g/mol. The van der Waals surface area contributed by atoms with E-state index in [1.807, 2.05) is 45.0 Å². The number of hydrogen-bond donors (Lipinski definition) is 6. The van der Waals surface area contributed by atoms with Crippen molar-refractivity contribution in [3.63, 3.8) is 0 Å². The van der Waals surface area contributed by atoms with Gasteiger partial charge in [-0.15, -0.1) is 0 Å². The Morgan fingerprint density at radius 2 is 1.82 bits per heavy atom. The molecule has 13 nitrogen and oxygen atoms in total. The molecule has 262 valence electrons. The smallest absolute Gasteiger partial charge is 0.320 e. The number of allylic oxidation sites excluding steroid dienone is 1. The number of aliphatic imine (C=N–C) groups is 1. The Morgan fingerprint density at radius 1 is 1.10 bits per heavy atom. The molecule has 0 spiro atoms. The number of nitrogens with zero attached hydrogens (tertiary/aromatic N) is 5. The van der Waals surface area contributed by atoms with Gasteiger partial charge < -0.3 is 25.8 Å². The quantitative estimate of drug-likeness (QED) is 0.151. The van der Waals surface area contributed by atoms with Crippen molar-refractivity contribution in [1.82, 2.24) is 29.9 Å². The van der Waals surface area contributed by atoms with Gasteiger partial charge in [0, 0.05) is 29.3 Å². The lowest BCUT2D eigenvalue weighted by atomic mass is 9.85. The van der Waals surface area contributed by atoms with E-state index in [-0.39, 0.29) is 53.5 Å². The fourth-order valence-electron chi connectivity index (χ4n) is 6.42. The average Bonchev–Trinajstić information content (AvgIpc) is 3.49. The second-order valence-corrected chi connectivity index (χ2v) is 14.0. The normalized spacial score (nSPS) is 21.6. The van der Waals surface area contributed by atoms with Crippen molar-refractivity contribution >= 4 is 23.5 Å². The van der Waals surface area contributed by atoms with Gasteiger partial charge >= 0.3 is 6.03 Å². The zero-order valence-electron chi connectivity index (χ0n) is 29.1. The number of pyridine rings is 1. The molecule has 1 fully saturated rings. The van der Waals surface area contributed by atoms with Crippen LogP contribution in [0.5, 0.6) is 5.75 Å². The summed E-state index contributed by atoms with van der Waals surface area (Å²) in [5.74, 6) is 1.13. The first-order valence-corrected chi connectivity index (χ1v) is 17.0. The molecule has 2 amide bonds. The number of amidine groups is 1. The minimum Gasteiger partial charge on any atom is -0.484 e. The van der Waals surface area contributed by atoms with Crippen LogP contribution in [-0.2, 0) is 6.54 Å². The van der Waals surface area contributed by atoms with Gasteiger partial charge in [-0.2, -0.15) is 5.10 Å². The molecule has 1 aliphatic heterocycles. The predicted molar refractivity (Wildman–Crippen MR) is 190 cm³/mol. The van der Waals surface area contributed by atoms with Gasteiger partial charge in [0.15, 0.2) is 0 Å². The number of aliphatic hydroxyl groups excluding tert-OH is 1. The maximum atomic E-state index is 13.4. The number of aliphatic hydroxyl groups is 1. The van der Waals surface area contributed by atoms with Crippen LogP contribution in [0, 0.1) is 16.2 Å². The third-order valence-electron chi connectivity index (χ3n) is 9.21. The molecule has 1 aliphatic carbocycles. The molecule has 7 N–H and O–H groups in total. The van der Waals surface area contributed by atoms with Gasteiger partial charge in [-0.05, 0) is 69.2 Å². The topological polar surface area (TPSA) is 183 Å². The molecular weight excluding hydrogens is 620 g/mol. The van der Waals surface area contributed by atoms with Gasteiger partial charge in [-0.1, -0.05) is 45.0 Å². The highest BCUT2D eigenvalue weighted by atomic mass is 16.5. The zero-order valence-corrected chi connectivity index (χ0v) is 29.1. The monoisotopic (exact) mass is 670 g/mol. The molecule has 13 heteroatoms. The van der Waals surface area contributed by atoms with Crippen LogP contribution in [0.1, 0.15) is 90.0 Å². The Balaban J connectivity index is 1.32. The number of benzene rings is 1. The number of ether oxygens (including phenoxy) is 1. The van der Waals surface area contributed by atoms with Crippen molar-refractivity contribution < 1.29 is 14.6 Å². The molecule has 49 heavy (non-hydrogen) atoms. The number of amides is 2. The summed E-state index contributed by atoms with van der Waals surface area (Å²) in [7, 11) is 0. The van der Waals surface area contributed by atoms with Crippen molar-refractivity contribution in [3.8, 4) is 5.75 Å². The van der Waals surface area contributed by atoms with Crippen LogP contribution < -0.4 is 26.6 Å². The van der Waals surface area contributed by atoms with Crippen molar-refractivity contribution in [2.24, 2.45) is 16.1 Å². The number of aromatic nitrogens is 3. The number of urea groups is 1. The Labute approximate surface area is 287 Å². The predicted octanol–water partition coefficient (Wildman–Crippen LogP) is 5.08. The maximum absolute atomic E-state index is 13.4. The van der Waals surface area contributed by atoms with E-state index in [2.05, 4.69) is 39.5 Å². The third-order valence-corrected chi connectivity index (χ3v) is 9.21. The first-order valence-electron chi connectivity index (χ1n) is 17.0. The number of rotatable bonds is 7. The highest BCUT2D eigenvalue weighted by Crippen LogP contribution is 2.38. The number of hydrogen-bond acceptors (Lipinski definition) is 8. The van der Waals surface area contributed by atoms with E-state index in [0.717, 1.165) is 30.4 Å². The minimum absolute atomic E-state index is 0.0520. The molecule has 1 aromatic carbocycles. The van der Waals surface area contributed by atoms with E-state index >= 15 is 0 Å². The van der Waals surface area contributed by atoms with Crippen LogP contribution in [0.15, 0.2) is 71.8 Å². The summed E-state index contributed by atoms with van der Waals surface area (Å²) in [5, 5.41) is 37.0. The summed E-state index contributed by atoms with van der Waals surface area (Å²) in [6.45, 7) is 10.5. The molecule has 5 rings (SSSR count). The van der Waals surface area contributed by atoms with E-state index in [9.17, 15) is 9.90 Å². The van der Waals surface area contributed by atoms with Crippen LogP contribution in [0.4, 0.5) is 10.5 Å². The van der Waals surface area contributed by atoms with Gasteiger partial charge in [0.25, 0.3) is 0 Å². The summed E-state index contributed by atoms with van der Waals surface area (Å²) >= 11 is 0. The number of piperidine rings is 1. The fourth-order valence-corrected chi connectivity index (χ4v) is 6.42. The van der Waals surface area contributed by atoms with Crippen LogP contribution in [0.3, 0.4) is 0 Å². The summed E-state index contributed by atoms with van der Waals surface area (Å²) in [4.78, 5) is 20.1. The number of nitrogens with one attached hydrogen (secondary N) is 4. The van der Waals surface area contributed by atoms with E-state index in [4.69, 9.17) is 21.3 Å². The lowest BCUT2D eigenvalue weighted by Gasteiger charge is -2.41. The van der Waals surface area contributed by atoms with Gasteiger partial charge in [0.2, 0.25) is 5.96 Å². The first kappa shape index (κ1) is 35.4. The Morgan fingerprint density at radius 3 is 2.51 bits per heavy atom. The number of carbonyl (C=O) groups excluding carboxylic acids is 1. The highest BCUT2D eigenvalue weighted by molar-refractivity contribution is 6.05. The lowest BCUT2D eigenvalue weighted by Crippen LogP contribution is -2.51. The Kier molecular flexibility index (Phi) is 10.9. The first-order chi connectivity index (χ1) is 23.3. The molecule has 2 aliphatic rings. The third kappa shape index (κ3) is 8.58. The lowest BCUT2D eigenvalue weighted by molar-refractivity contribution is 0.169. The zero-order chi connectivity index (χ0) is 35.3. The molecule has 3 aromatic rings. The molecule has 0 radical (unpaired) electrons. The van der Waals surface area contributed by atoms with Crippen LogP contribution in [0.25, 0.3) is 0 Å². The highest BCUT2D eigenvalue weighted by Gasteiger charge is 2.31. The fraction of sp³-hybridized carbons (Fsp3) is 0.472. The largest absolute Gasteiger partial charge is 0.484 e. The van der Waals surface area contributed by atoms with E-state index in [0.29, 0.717) is 36.5 Å². The molecular formula is C36H50N10O3. The standard InChI is InChI=1S/C36H50N10O3/c1-23-9-8-10-24(2)46(23)34(39)45-22-26(13-16-32(45)38)49-30-15-14-29(27-11-6-7-12-28(27)30)42-35(48)43-33(19-31(37)36(3,4)5)41-25-20-40-44(21-25)17-18-47/h6-7,11-13,16,19-24,29-30,38-39,47H,8-10,14-15,17-18,37H2,1-5H3,(H2,41,42,43,48)/b31-19-,38-32?,39-34?. The number of fused-ring (bicyclic) bond motifs is 1. The molecule has 2 aromatic heterocycles. The summed E-state index contributed by atoms with van der Waals surface area (Å²) in [6.07, 6.45) is 10.8. The van der Waals surface area contributed by atoms with Crippen molar-refractivity contribution in [2.75, 3.05) is 6.61 Å². The summed E-state index contributed by atoms with van der Waals surface area (Å²) in [5.41, 5.74) is 9.22. The second kappa shape index (κ2) is 15.1. The molecule has 4 atom stereocenters. The van der Waals surface area contributed by atoms with Crippen molar-refractivity contribution in [3.05, 3.63) is 83.4 Å². The van der Waals surface area contributed by atoms with Crippen LogP contribution >= 0.6 is 0 Å². The van der Waals surface area contributed by atoms with Crippen molar-refractivity contribution in [1.29, 1.82) is 10.8 Å². The van der Waals surface area contributed by atoms with E-state index < -0.39 is 6.03 Å². The number of nitrogens with two attached hydrogens (primary N) is 1. The molecule has 0 bridgehead atoms. The van der Waals surface area contributed by atoms with E-state index in [1.165, 1.54) is 0 Å². The van der Waals surface area contributed by atoms with Crippen LogP contribution in [0.2, 0.25) is 0 Å². The number of carbonyl (C=O) groups is 1. The minimum atomic E-state index is -0.426. The molecule has 1 saturated heterocycles. The SMILES string of the molecule is CC1CCCC(C)N1C(=N)n1cc(OC2CCC(NC(=O)NC(/C=C(\N)C(C)(C)C)=Nc3cnn(CCO)c3)c3ccccc32)ccc1=N. The molecule has 4 unspecified atom stereocenters. The van der Waals surface area contributed by atoms with Gasteiger partial charge in [-0.25, -0.2) is 9.79 Å². The molecule has 0 saturated carbocycles. The van der Waals surface area contributed by atoms with Crippen molar-refractivity contribution in [2.45, 2.75) is 97.5 Å². The van der Waals surface area contributed by atoms with Gasteiger partial charge in [0.05, 0.1) is 37.8 Å². The molecule has 3 heterocycles. The van der Waals surface area contributed by atoms with Gasteiger partial charge in [0.1, 0.15) is 28.9 Å². The summed E-state index contributed by atoms with van der Waals surface area (Å²) < 4.78 is 9.70. The van der Waals surface area contributed by atoms with Crippen LogP contribution in [-0.4, -0.2) is 60.9 Å². The second-order valence-electron chi connectivity index (χ2n) is 14.0. The van der Waals surface area contributed by atoms with Gasteiger partial charge in [-0.3, -0.25) is 25.4 Å². The Hall–Kier alpha value is -4.91. The number of likely N-dealkylation sites (tertiary alicyclic amines) is 1. The van der Waals surface area contributed by atoms with E-state index in [1.54, 1.807) is 46.0 Å². The maximum Gasteiger partial charge on any atom is 0.320 e. The summed E-state index contributed by atoms with van der Waals surface area (Å²) in [6, 6.07) is 11.1.